The highest BCUT2D eigenvalue weighted by Crippen LogP contribution is 2.29. The van der Waals surface area contributed by atoms with Crippen molar-refractivity contribution in [2.24, 2.45) is 0 Å². The molecule has 2 fully saturated rings. The number of fused-ring (bicyclic) bond motifs is 2. The molecule has 1 N–H and O–H groups in total. The second-order valence-corrected chi connectivity index (χ2v) is 5.20. The van der Waals surface area contributed by atoms with Crippen molar-refractivity contribution in [3.8, 4) is 12.3 Å². The zero-order valence-electron chi connectivity index (χ0n) is 10.4. The third-order valence-electron chi connectivity index (χ3n) is 4.14. The van der Waals surface area contributed by atoms with E-state index in [-0.39, 0.29) is 0 Å². The van der Waals surface area contributed by atoms with Crippen molar-refractivity contribution >= 4 is 0 Å². The molecule has 0 aromatic heterocycles. The van der Waals surface area contributed by atoms with Gasteiger partial charge in [-0.05, 0) is 45.2 Å². The lowest BCUT2D eigenvalue weighted by atomic mass is 9.98. The molecule has 0 aromatic rings. The van der Waals surface area contributed by atoms with Gasteiger partial charge in [0.15, 0.2) is 0 Å². The van der Waals surface area contributed by atoms with Gasteiger partial charge in [0.1, 0.15) is 0 Å². The zero-order valence-corrected chi connectivity index (χ0v) is 10.4. The molecular weight excluding hydrogens is 196 g/mol. The van der Waals surface area contributed by atoms with Gasteiger partial charge in [0.25, 0.3) is 0 Å². The van der Waals surface area contributed by atoms with Crippen LogP contribution in [0.4, 0.5) is 0 Å². The molecule has 0 spiro atoms. The van der Waals surface area contributed by atoms with Crippen LogP contribution in [0.15, 0.2) is 0 Å². The van der Waals surface area contributed by atoms with Crippen molar-refractivity contribution in [1.29, 1.82) is 0 Å². The average Bonchev–Trinajstić information content (AvgIpc) is 2.64. The summed E-state index contributed by atoms with van der Waals surface area (Å²) in [5, 5.41) is 3.71. The van der Waals surface area contributed by atoms with E-state index >= 15 is 0 Å². The Hall–Kier alpha value is -0.520. The van der Waals surface area contributed by atoms with Crippen molar-refractivity contribution in [2.75, 3.05) is 13.1 Å². The normalized spacial score (nSPS) is 32.9. The molecule has 2 nitrogen and oxygen atoms in total. The number of hydrogen-bond acceptors (Lipinski definition) is 2. The van der Waals surface area contributed by atoms with E-state index in [1.165, 1.54) is 38.8 Å². The molecule has 2 bridgehead atoms. The van der Waals surface area contributed by atoms with Gasteiger partial charge < -0.3 is 10.2 Å². The maximum atomic E-state index is 5.31. The highest BCUT2D eigenvalue weighted by molar-refractivity contribution is 4.95. The first-order valence-corrected chi connectivity index (χ1v) is 6.77. The first-order valence-electron chi connectivity index (χ1n) is 6.77. The van der Waals surface area contributed by atoms with Crippen LogP contribution in [-0.2, 0) is 0 Å². The summed E-state index contributed by atoms with van der Waals surface area (Å²) >= 11 is 0. The molecule has 2 unspecified atom stereocenters. The van der Waals surface area contributed by atoms with Gasteiger partial charge in [-0.3, -0.25) is 0 Å². The van der Waals surface area contributed by atoms with E-state index < -0.39 is 0 Å². The number of nitrogens with zero attached hydrogens (tertiary/aromatic N) is 1. The summed E-state index contributed by atoms with van der Waals surface area (Å²) in [6, 6.07) is 2.40. The fourth-order valence-electron chi connectivity index (χ4n) is 3.31. The number of hydrogen-bond donors (Lipinski definition) is 1. The van der Waals surface area contributed by atoms with Gasteiger partial charge in [0, 0.05) is 24.5 Å². The maximum Gasteiger partial charge on any atom is 0.0125 e. The van der Waals surface area contributed by atoms with Crippen LogP contribution in [0.1, 0.15) is 45.4 Å². The highest BCUT2D eigenvalue weighted by atomic mass is 15.2. The van der Waals surface area contributed by atoms with Crippen LogP contribution in [0.3, 0.4) is 0 Å². The monoisotopic (exact) mass is 220 g/mol. The van der Waals surface area contributed by atoms with Crippen LogP contribution in [0, 0.1) is 12.3 Å². The van der Waals surface area contributed by atoms with E-state index in [2.05, 4.69) is 23.1 Å². The van der Waals surface area contributed by atoms with Gasteiger partial charge in [-0.1, -0.05) is 6.92 Å². The number of rotatable bonds is 5. The lowest BCUT2D eigenvalue weighted by molar-refractivity contribution is 0.147. The van der Waals surface area contributed by atoms with Crippen molar-refractivity contribution < 1.29 is 0 Å². The average molecular weight is 220 g/mol. The zero-order chi connectivity index (χ0) is 11.4. The van der Waals surface area contributed by atoms with E-state index in [0.29, 0.717) is 0 Å². The number of unbranched alkanes of at least 4 members (excludes halogenated alkanes) is 1. The topological polar surface area (TPSA) is 15.3 Å². The fraction of sp³-hybridized carbons (Fsp3) is 0.857. The molecule has 0 aliphatic carbocycles. The highest BCUT2D eigenvalue weighted by Gasteiger charge is 2.35. The number of nitrogens with one attached hydrogen (secondary N) is 1. The largest absolute Gasteiger partial charge is 0.311 e. The summed E-state index contributed by atoms with van der Waals surface area (Å²) in [6.45, 7) is 4.64. The molecule has 0 saturated carbocycles. The first-order chi connectivity index (χ1) is 7.83. The molecule has 0 amide bonds. The van der Waals surface area contributed by atoms with Crippen LogP contribution >= 0.6 is 0 Å². The van der Waals surface area contributed by atoms with Crippen LogP contribution in [0.5, 0.6) is 0 Å². The molecule has 0 aromatic carbocycles. The third kappa shape index (κ3) is 2.78. The van der Waals surface area contributed by atoms with Gasteiger partial charge >= 0.3 is 0 Å². The first kappa shape index (κ1) is 12.0. The predicted molar refractivity (Wildman–Crippen MR) is 68.3 cm³/mol. The molecule has 16 heavy (non-hydrogen) atoms. The van der Waals surface area contributed by atoms with Gasteiger partial charge in [-0.2, -0.15) is 0 Å². The lowest BCUT2D eigenvalue weighted by Crippen LogP contribution is -2.48. The minimum atomic E-state index is 0.797. The Balaban J connectivity index is 1.82. The molecule has 2 aliphatic heterocycles. The summed E-state index contributed by atoms with van der Waals surface area (Å²) in [7, 11) is 0. The van der Waals surface area contributed by atoms with Gasteiger partial charge in [-0.15, -0.1) is 12.3 Å². The van der Waals surface area contributed by atoms with E-state index in [1.807, 2.05) is 0 Å². The lowest BCUT2D eigenvalue weighted by Gasteiger charge is -2.37. The SMILES string of the molecule is C#CCCCN(CC)C1CC2CCC(C1)N2. The molecule has 2 heterocycles. The van der Waals surface area contributed by atoms with Crippen molar-refractivity contribution in [3.05, 3.63) is 0 Å². The van der Waals surface area contributed by atoms with Gasteiger partial charge in [0.05, 0.1) is 0 Å². The molecule has 90 valence electrons. The molecular formula is C14H24N2. The minimum absolute atomic E-state index is 0.797. The van der Waals surface area contributed by atoms with E-state index in [1.54, 1.807) is 0 Å². The quantitative estimate of drug-likeness (QED) is 0.563. The minimum Gasteiger partial charge on any atom is -0.311 e. The maximum absolute atomic E-state index is 5.31. The fourth-order valence-corrected chi connectivity index (χ4v) is 3.31. The van der Waals surface area contributed by atoms with Crippen molar-refractivity contribution in [1.82, 2.24) is 10.2 Å². The van der Waals surface area contributed by atoms with E-state index in [4.69, 9.17) is 6.42 Å². The molecule has 2 atom stereocenters. The van der Waals surface area contributed by atoms with Crippen LogP contribution in [0.2, 0.25) is 0 Å². The summed E-state index contributed by atoms with van der Waals surface area (Å²) in [5.41, 5.74) is 0. The Morgan fingerprint density at radius 3 is 2.56 bits per heavy atom. The Labute approximate surface area is 99.8 Å². The number of terminal acetylenes is 1. The van der Waals surface area contributed by atoms with Gasteiger partial charge in [-0.25, -0.2) is 0 Å². The predicted octanol–water partition coefficient (Wildman–Crippen LogP) is 2.00. The molecule has 2 aliphatic rings. The summed E-state index contributed by atoms with van der Waals surface area (Å²) in [6.07, 6.45) is 12.9. The number of piperidine rings is 1. The Morgan fingerprint density at radius 2 is 2.00 bits per heavy atom. The molecule has 2 rings (SSSR count). The second kappa shape index (κ2) is 5.70. The van der Waals surface area contributed by atoms with E-state index in [0.717, 1.165) is 31.0 Å². The van der Waals surface area contributed by atoms with Crippen LogP contribution in [-0.4, -0.2) is 36.1 Å². The second-order valence-electron chi connectivity index (χ2n) is 5.20. The van der Waals surface area contributed by atoms with Crippen LogP contribution < -0.4 is 5.32 Å². The summed E-state index contributed by atoms with van der Waals surface area (Å²) < 4.78 is 0. The third-order valence-corrected chi connectivity index (χ3v) is 4.14. The summed E-state index contributed by atoms with van der Waals surface area (Å²) in [4.78, 5) is 2.64. The van der Waals surface area contributed by atoms with Crippen LogP contribution in [0.25, 0.3) is 0 Å². The standard InChI is InChI=1S/C14H24N2/c1-3-5-6-9-16(4-2)14-10-12-7-8-13(11-14)15-12/h1,12-15H,4-11H2,2H3. The molecule has 0 radical (unpaired) electrons. The molecule has 2 heteroatoms. The van der Waals surface area contributed by atoms with Crippen molar-refractivity contribution in [3.63, 3.8) is 0 Å². The van der Waals surface area contributed by atoms with Gasteiger partial charge in [0.2, 0.25) is 0 Å². The Morgan fingerprint density at radius 1 is 1.31 bits per heavy atom. The Bertz CT molecular complexity index is 244. The summed E-state index contributed by atoms with van der Waals surface area (Å²) in [5.74, 6) is 2.74. The smallest absolute Gasteiger partial charge is 0.0125 e. The molecule has 2 saturated heterocycles. The Kier molecular flexibility index (Phi) is 4.26. The van der Waals surface area contributed by atoms with Crippen molar-refractivity contribution in [2.45, 2.75) is 63.6 Å². The van der Waals surface area contributed by atoms with E-state index in [9.17, 15) is 0 Å².